The third-order valence-corrected chi connectivity index (χ3v) is 5.10. The van der Waals surface area contributed by atoms with Crippen LogP contribution in [0.4, 0.5) is 4.39 Å². The van der Waals surface area contributed by atoms with Crippen LogP contribution in [0.2, 0.25) is 0 Å². The van der Waals surface area contributed by atoms with Gasteiger partial charge >= 0.3 is 0 Å². The Morgan fingerprint density at radius 3 is 2.33 bits per heavy atom. The Morgan fingerprint density at radius 1 is 1.07 bits per heavy atom. The number of hydrogen-bond acceptors (Lipinski definition) is 3. The number of aryl methyl sites for hydroxylation is 1. The maximum atomic E-state index is 13.2. The van der Waals surface area contributed by atoms with Crippen molar-refractivity contribution >= 4 is 23.2 Å². The zero-order valence-corrected chi connectivity index (χ0v) is 16.6. The molecule has 2 amide bonds. The van der Waals surface area contributed by atoms with E-state index in [0.29, 0.717) is 26.1 Å². The highest BCUT2D eigenvalue weighted by Crippen LogP contribution is 2.19. The molecule has 0 aliphatic heterocycles. The van der Waals surface area contributed by atoms with E-state index in [9.17, 15) is 14.0 Å². The summed E-state index contributed by atoms with van der Waals surface area (Å²) in [5, 5.41) is 0. The van der Waals surface area contributed by atoms with Crippen molar-refractivity contribution in [3.63, 3.8) is 0 Å². The van der Waals surface area contributed by atoms with Crippen LogP contribution < -0.4 is 0 Å². The third kappa shape index (κ3) is 6.32. The average molecular weight is 389 g/mol. The SMILES string of the molecule is C=CCN(CC(=O)N(Cc1ccc(F)cc1)Cc1ccc(C)s1)C(=O)CC. The molecule has 0 spiro atoms. The van der Waals surface area contributed by atoms with Crippen LogP contribution >= 0.6 is 11.3 Å². The highest BCUT2D eigenvalue weighted by Gasteiger charge is 2.20. The largest absolute Gasteiger partial charge is 0.332 e. The van der Waals surface area contributed by atoms with Crippen molar-refractivity contribution in [1.82, 2.24) is 9.80 Å². The van der Waals surface area contributed by atoms with Crippen LogP contribution in [0.1, 0.15) is 28.7 Å². The monoisotopic (exact) mass is 388 g/mol. The quantitative estimate of drug-likeness (QED) is 0.606. The lowest BCUT2D eigenvalue weighted by atomic mass is 10.2. The minimum Gasteiger partial charge on any atom is -0.332 e. The summed E-state index contributed by atoms with van der Waals surface area (Å²) in [5.41, 5.74) is 0.843. The Balaban J connectivity index is 2.18. The van der Waals surface area contributed by atoms with Gasteiger partial charge in [0.1, 0.15) is 12.4 Å². The molecule has 6 heteroatoms. The fourth-order valence-electron chi connectivity index (χ4n) is 2.70. The molecule has 1 aromatic carbocycles. The Morgan fingerprint density at radius 2 is 1.78 bits per heavy atom. The zero-order valence-electron chi connectivity index (χ0n) is 15.8. The molecule has 0 atom stereocenters. The van der Waals surface area contributed by atoms with E-state index in [1.807, 2.05) is 19.1 Å². The van der Waals surface area contributed by atoms with E-state index in [1.54, 1.807) is 41.4 Å². The average Bonchev–Trinajstić information content (AvgIpc) is 3.06. The van der Waals surface area contributed by atoms with Crippen LogP contribution in [0.5, 0.6) is 0 Å². The maximum Gasteiger partial charge on any atom is 0.242 e. The smallest absolute Gasteiger partial charge is 0.242 e. The highest BCUT2D eigenvalue weighted by atomic mass is 32.1. The fourth-order valence-corrected chi connectivity index (χ4v) is 3.60. The van der Waals surface area contributed by atoms with Crippen molar-refractivity contribution in [1.29, 1.82) is 0 Å². The predicted molar refractivity (Wildman–Crippen MR) is 107 cm³/mol. The Bertz CT molecular complexity index is 786. The zero-order chi connectivity index (χ0) is 19.8. The molecule has 1 heterocycles. The van der Waals surface area contributed by atoms with Crippen molar-refractivity contribution in [2.45, 2.75) is 33.4 Å². The predicted octanol–water partition coefficient (Wildman–Crippen LogP) is 4.15. The van der Waals surface area contributed by atoms with Gasteiger partial charge in [0.05, 0.1) is 6.54 Å². The number of thiophene rings is 1. The lowest BCUT2D eigenvalue weighted by Crippen LogP contribution is -2.42. The molecule has 0 aliphatic rings. The number of halogens is 1. The summed E-state index contributed by atoms with van der Waals surface area (Å²) >= 11 is 1.64. The summed E-state index contributed by atoms with van der Waals surface area (Å²) in [5.74, 6) is -0.540. The molecule has 0 saturated heterocycles. The van der Waals surface area contributed by atoms with Crippen LogP contribution in [-0.2, 0) is 22.7 Å². The second-order valence-corrected chi connectivity index (χ2v) is 7.68. The topological polar surface area (TPSA) is 40.6 Å². The van der Waals surface area contributed by atoms with Crippen molar-refractivity contribution < 1.29 is 14.0 Å². The molecule has 1 aromatic heterocycles. The van der Waals surface area contributed by atoms with Crippen LogP contribution in [0.25, 0.3) is 0 Å². The van der Waals surface area contributed by atoms with Gasteiger partial charge < -0.3 is 9.80 Å². The van der Waals surface area contributed by atoms with Crippen molar-refractivity contribution in [2.75, 3.05) is 13.1 Å². The molecule has 4 nitrogen and oxygen atoms in total. The molecule has 0 N–H and O–H groups in total. The second-order valence-electron chi connectivity index (χ2n) is 6.31. The molecule has 2 aromatic rings. The summed E-state index contributed by atoms with van der Waals surface area (Å²) in [6, 6.07) is 10.1. The number of carbonyl (C=O) groups is 2. The number of hydrogen-bond donors (Lipinski definition) is 0. The first-order valence-electron chi connectivity index (χ1n) is 8.89. The first-order chi connectivity index (χ1) is 12.9. The normalized spacial score (nSPS) is 10.5. The molecule has 0 bridgehead atoms. The van der Waals surface area contributed by atoms with Gasteiger partial charge in [0, 0.05) is 29.3 Å². The van der Waals surface area contributed by atoms with Gasteiger partial charge in [-0.25, -0.2) is 4.39 Å². The van der Waals surface area contributed by atoms with E-state index in [0.717, 1.165) is 10.4 Å². The van der Waals surface area contributed by atoms with Gasteiger partial charge in [-0.1, -0.05) is 25.1 Å². The van der Waals surface area contributed by atoms with Crippen LogP contribution in [0.15, 0.2) is 49.1 Å². The first kappa shape index (κ1) is 20.8. The molecule has 0 fully saturated rings. The van der Waals surface area contributed by atoms with Crippen LogP contribution in [-0.4, -0.2) is 34.7 Å². The molecule has 0 aliphatic carbocycles. The van der Waals surface area contributed by atoms with Gasteiger partial charge in [0.2, 0.25) is 11.8 Å². The minimum absolute atomic E-state index is 0.00421. The van der Waals surface area contributed by atoms with Gasteiger partial charge in [0.25, 0.3) is 0 Å². The van der Waals surface area contributed by atoms with E-state index in [-0.39, 0.29) is 24.2 Å². The summed E-state index contributed by atoms with van der Waals surface area (Å²) < 4.78 is 13.2. The van der Waals surface area contributed by atoms with Gasteiger partial charge in [0.15, 0.2) is 0 Å². The van der Waals surface area contributed by atoms with Crippen LogP contribution in [0, 0.1) is 12.7 Å². The number of benzene rings is 1. The van der Waals surface area contributed by atoms with Crippen molar-refractivity contribution in [2.24, 2.45) is 0 Å². The standard InChI is InChI=1S/C21H25FN2O2S/c1-4-12-23(20(25)5-2)15-21(26)24(14-19-11-6-16(3)27-19)13-17-7-9-18(22)10-8-17/h4,6-11H,1,5,12-15H2,2-3H3. The molecular formula is C21H25FN2O2S. The second kappa shape index (κ2) is 10.0. The maximum absolute atomic E-state index is 13.2. The van der Waals surface area contributed by atoms with Gasteiger partial charge in [-0.15, -0.1) is 17.9 Å². The lowest BCUT2D eigenvalue weighted by Gasteiger charge is -2.27. The molecule has 27 heavy (non-hydrogen) atoms. The Labute approximate surface area is 163 Å². The number of nitrogens with zero attached hydrogens (tertiary/aromatic N) is 2. The number of rotatable bonds is 9. The number of carbonyl (C=O) groups excluding carboxylic acids is 2. The van der Waals surface area contributed by atoms with Crippen molar-refractivity contribution in [3.05, 3.63) is 70.2 Å². The van der Waals surface area contributed by atoms with Crippen molar-refractivity contribution in [3.8, 4) is 0 Å². The lowest BCUT2D eigenvalue weighted by molar-refractivity contribution is -0.140. The summed E-state index contributed by atoms with van der Waals surface area (Å²) in [4.78, 5) is 30.5. The first-order valence-corrected chi connectivity index (χ1v) is 9.70. The van der Waals surface area contributed by atoms with E-state index in [1.165, 1.54) is 21.9 Å². The Hall–Kier alpha value is -2.47. The molecular weight excluding hydrogens is 363 g/mol. The molecule has 0 radical (unpaired) electrons. The number of amides is 2. The van der Waals surface area contributed by atoms with E-state index in [4.69, 9.17) is 0 Å². The molecule has 2 rings (SSSR count). The molecule has 0 saturated carbocycles. The van der Waals surface area contributed by atoms with E-state index < -0.39 is 0 Å². The van der Waals surface area contributed by atoms with E-state index in [2.05, 4.69) is 6.58 Å². The third-order valence-electron chi connectivity index (χ3n) is 4.11. The fraction of sp³-hybridized carbons (Fsp3) is 0.333. The Kier molecular flexibility index (Phi) is 7.73. The van der Waals surface area contributed by atoms with E-state index >= 15 is 0 Å². The van der Waals surface area contributed by atoms with Gasteiger partial charge in [-0.3, -0.25) is 9.59 Å². The highest BCUT2D eigenvalue weighted by molar-refractivity contribution is 7.11. The molecule has 144 valence electrons. The summed E-state index contributed by atoms with van der Waals surface area (Å²) in [6.07, 6.45) is 1.96. The van der Waals surface area contributed by atoms with Crippen LogP contribution in [0.3, 0.4) is 0 Å². The summed E-state index contributed by atoms with van der Waals surface area (Å²) in [6.45, 7) is 8.61. The summed E-state index contributed by atoms with van der Waals surface area (Å²) in [7, 11) is 0. The minimum atomic E-state index is -0.309. The molecule has 0 unspecified atom stereocenters. The van der Waals surface area contributed by atoms with Gasteiger partial charge in [-0.2, -0.15) is 0 Å². The van der Waals surface area contributed by atoms with Gasteiger partial charge in [-0.05, 0) is 36.8 Å².